The van der Waals surface area contributed by atoms with Crippen molar-refractivity contribution in [1.82, 2.24) is 14.8 Å². The van der Waals surface area contributed by atoms with Gasteiger partial charge in [-0.25, -0.2) is 4.98 Å². The molecule has 0 aromatic carbocycles. The van der Waals surface area contributed by atoms with Crippen LogP contribution in [0.1, 0.15) is 50.0 Å². The summed E-state index contributed by atoms with van der Waals surface area (Å²) in [5, 5.41) is 1.84. The van der Waals surface area contributed by atoms with Crippen molar-refractivity contribution in [2.75, 3.05) is 26.2 Å². The largest absolute Gasteiger partial charge is 0.337 e. The average molecular weight is 386 g/mol. The lowest BCUT2D eigenvalue weighted by Gasteiger charge is -2.45. The van der Waals surface area contributed by atoms with Crippen molar-refractivity contribution in [2.45, 2.75) is 45.6 Å². The lowest BCUT2D eigenvalue weighted by Crippen LogP contribution is -2.51. The number of nitrogens with zero attached hydrogens (tertiary/aromatic N) is 3. The predicted molar refractivity (Wildman–Crippen MR) is 93.3 cm³/mol. The Hall–Kier alpha value is -0.460. The van der Waals surface area contributed by atoms with Gasteiger partial charge in [0, 0.05) is 31.1 Å². The first-order valence-corrected chi connectivity index (χ1v) is 9.76. The van der Waals surface area contributed by atoms with E-state index in [1.807, 2.05) is 10.3 Å². The molecule has 1 amide bonds. The lowest BCUT2D eigenvalue weighted by atomic mass is 9.83. The van der Waals surface area contributed by atoms with E-state index >= 15 is 0 Å². The topological polar surface area (TPSA) is 36.4 Å². The maximum Gasteiger partial charge on any atom is 0.273 e. The van der Waals surface area contributed by atoms with Gasteiger partial charge in [-0.3, -0.25) is 9.69 Å². The van der Waals surface area contributed by atoms with Gasteiger partial charge in [-0.2, -0.15) is 0 Å². The number of halogens is 1. The molecular formula is C16H24BrN3OS. The second-order valence-electron chi connectivity index (χ2n) is 7.25. The maximum atomic E-state index is 12.4. The van der Waals surface area contributed by atoms with Gasteiger partial charge in [-0.15, -0.1) is 11.3 Å². The fourth-order valence-corrected chi connectivity index (χ4v) is 4.71. The van der Waals surface area contributed by atoms with Crippen LogP contribution in [-0.4, -0.2) is 52.9 Å². The van der Waals surface area contributed by atoms with Gasteiger partial charge in [-0.05, 0) is 53.6 Å². The minimum absolute atomic E-state index is 0.0828. The van der Waals surface area contributed by atoms with Crippen LogP contribution in [-0.2, 0) is 0 Å². The number of aromatic nitrogens is 1. The maximum absolute atomic E-state index is 12.4. The first-order chi connectivity index (χ1) is 10.4. The number of amides is 1. The molecule has 0 radical (unpaired) electrons. The Labute approximate surface area is 145 Å². The summed E-state index contributed by atoms with van der Waals surface area (Å²) >= 11 is 4.80. The van der Waals surface area contributed by atoms with Crippen LogP contribution >= 0.6 is 27.3 Å². The Kier molecular flexibility index (Phi) is 4.90. The Morgan fingerprint density at radius 3 is 2.68 bits per heavy atom. The smallest absolute Gasteiger partial charge is 0.273 e. The molecule has 0 spiro atoms. The Balaban J connectivity index is 1.55. The number of hydrogen-bond acceptors (Lipinski definition) is 4. The molecule has 1 aromatic rings. The third-order valence-electron chi connectivity index (χ3n) is 4.89. The van der Waals surface area contributed by atoms with Crippen LogP contribution in [0.4, 0.5) is 0 Å². The summed E-state index contributed by atoms with van der Waals surface area (Å²) in [6.45, 7) is 8.88. The summed E-state index contributed by atoms with van der Waals surface area (Å²) in [5.74, 6) is 0.0828. The average Bonchev–Trinajstić information content (AvgIpc) is 2.92. The molecule has 0 N–H and O–H groups in total. The standard InChI is InChI=1S/C16H24BrN3OS/c1-16(2)6-3-7-20(11-16)12-4-8-19(9-5-12)14(21)13-10-22-15(17)18-13/h10,12H,3-9,11H2,1-2H3. The molecular weight excluding hydrogens is 362 g/mol. The molecule has 2 fully saturated rings. The summed E-state index contributed by atoms with van der Waals surface area (Å²) in [6, 6.07) is 0.644. The number of carbonyl (C=O) groups is 1. The van der Waals surface area contributed by atoms with Gasteiger partial charge in [0.1, 0.15) is 5.69 Å². The van der Waals surface area contributed by atoms with E-state index in [0.29, 0.717) is 17.2 Å². The van der Waals surface area contributed by atoms with E-state index in [0.717, 1.165) is 29.8 Å². The number of rotatable bonds is 2. The fourth-order valence-electron chi connectivity index (χ4n) is 3.73. The minimum Gasteiger partial charge on any atom is -0.337 e. The molecule has 3 rings (SSSR count). The molecule has 0 aliphatic carbocycles. The summed E-state index contributed by atoms with van der Waals surface area (Å²) in [5.41, 5.74) is 1.02. The molecule has 4 nitrogen and oxygen atoms in total. The van der Waals surface area contributed by atoms with Crippen molar-refractivity contribution >= 4 is 33.2 Å². The van der Waals surface area contributed by atoms with E-state index in [-0.39, 0.29) is 5.91 Å². The normalized spacial score (nSPS) is 23.7. The van der Waals surface area contributed by atoms with E-state index in [1.54, 1.807) is 0 Å². The highest BCUT2D eigenvalue weighted by atomic mass is 79.9. The van der Waals surface area contributed by atoms with Crippen molar-refractivity contribution in [3.05, 3.63) is 15.0 Å². The summed E-state index contributed by atoms with van der Waals surface area (Å²) in [4.78, 5) is 21.3. The second-order valence-corrected chi connectivity index (χ2v) is 9.38. The molecule has 22 heavy (non-hydrogen) atoms. The highest BCUT2D eigenvalue weighted by Gasteiger charge is 2.33. The number of likely N-dealkylation sites (tertiary alicyclic amines) is 2. The summed E-state index contributed by atoms with van der Waals surface area (Å²) < 4.78 is 0.779. The van der Waals surface area contributed by atoms with E-state index in [4.69, 9.17) is 0 Å². The number of piperidine rings is 2. The van der Waals surface area contributed by atoms with E-state index in [9.17, 15) is 4.79 Å². The summed E-state index contributed by atoms with van der Waals surface area (Å²) in [6.07, 6.45) is 4.82. The first kappa shape index (κ1) is 16.4. The zero-order valence-corrected chi connectivity index (χ0v) is 15.8. The number of hydrogen-bond donors (Lipinski definition) is 0. The number of carbonyl (C=O) groups excluding carboxylic acids is 1. The fraction of sp³-hybridized carbons (Fsp3) is 0.750. The molecule has 1 aromatic heterocycles. The van der Waals surface area contributed by atoms with Crippen LogP contribution in [0.3, 0.4) is 0 Å². The number of thiazole rings is 1. The molecule has 2 saturated heterocycles. The van der Waals surface area contributed by atoms with E-state index in [2.05, 4.69) is 39.7 Å². The van der Waals surface area contributed by atoms with Gasteiger partial charge in [0.2, 0.25) is 0 Å². The zero-order valence-electron chi connectivity index (χ0n) is 13.3. The molecule has 2 aliphatic rings. The van der Waals surface area contributed by atoms with Crippen molar-refractivity contribution in [1.29, 1.82) is 0 Å². The van der Waals surface area contributed by atoms with Gasteiger partial charge < -0.3 is 4.90 Å². The third-order valence-corrected chi connectivity index (χ3v) is 6.26. The van der Waals surface area contributed by atoms with Crippen LogP contribution < -0.4 is 0 Å². The Bertz CT molecular complexity index is 537. The van der Waals surface area contributed by atoms with Gasteiger partial charge in [0.05, 0.1) is 0 Å². The van der Waals surface area contributed by atoms with Crippen LogP contribution in [0.5, 0.6) is 0 Å². The minimum atomic E-state index is 0.0828. The van der Waals surface area contributed by atoms with Gasteiger partial charge in [0.25, 0.3) is 5.91 Å². The van der Waals surface area contributed by atoms with E-state index < -0.39 is 0 Å². The molecule has 6 heteroatoms. The van der Waals surface area contributed by atoms with Crippen LogP contribution in [0.25, 0.3) is 0 Å². The van der Waals surface area contributed by atoms with Gasteiger partial charge >= 0.3 is 0 Å². The van der Waals surface area contributed by atoms with Crippen LogP contribution in [0.15, 0.2) is 9.30 Å². The first-order valence-electron chi connectivity index (χ1n) is 8.09. The van der Waals surface area contributed by atoms with Gasteiger partial charge in [0.15, 0.2) is 3.92 Å². The van der Waals surface area contributed by atoms with Crippen molar-refractivity contribution < 1.29 is 4.79 Å². The van der Waals surface area contributed by atoms with E-state index in [1.165, 1.54) is 37.3 Å². The molecule has 122 valence electrons. The molecule has 0 saturated carbocycles. The lowest BCUT2D eigenvalue weighted by molar-refractivity contribution is 0.0382. The van der Waals surface area contributed by atoms with Gasteiger partial charge in [-0.1, -0.05) is 13.8 Å². The molecule has 3 heterocycles. The molecule has 0 unspecified atom stereocenters. The zero-order chi connectivity index (χ0) is 15.7. The summed E-state index contributed by atoms with van der Waals surface area (Å²) in [7, 11) is 0. The quantitative estimate of drug-likeness (QED) is 0.779. The Morgan fingerprint density at radius 2 is 2.09 bits per heavy atom. The SMILES string of the molecule is CC1(C)CCCN(C2CCN(C(=O)c3csc(Br)n3)CC2)C1. The van der Waals surface area contributed by atoms with Crippen molar-refractivity contribution in [3.8, 4) is 0 Å². The molecule has 0 atom stereocenters. The molecule has 0 bridgehead atoms. The van der Waals surface area contributed by atoms with Crippen LogP contribution in [0.2, 0.25) is 0 Å². The third kappa shape index (κ3) is 3.71. The Morgan fingerprint density at radius 1 is 1.36 bits per heavy atom. The van der Waals surface area contributed by atoms with Crippen molar-refractivity contribution in [2.24, 2.45) is 5.41 Å². The predicted octanol–water partition coefficient (Wildman–Crippen LogP) is 3.63. The molecule has 2 aliphatic heterocycles. The second kappa shape index (κ2) is 6.57. The van der Waals surface area contributed by atoms with Crippen molar-refractivity contribution in [3.63, 3.8) is 0 Å². The highest BCUT2D eigenvalue weighted by molar-refractivity contribution is 9.11. The van der Waals surface area contributed by atoms with Crippen LogP contribution in [0, 0.1) is 5.41 Å². The monoisotopic (exact) mass is 385 g/mol. The highest BCUT2D eigenvalue weighted by Crippen LogP contribution is 2.31.